The zero-order valence-electron chi connectivity index (χ0n) is 16.1. The zero-order valence-corrected chi connectivity index (χ0v) is 18.4. The monoisotopic (exact) mass is 458 g/mol. The van der Waals surface area contributed by atoms with Gasteiger partial charge in [0.15, 0.2) is 5.96 Å². The highest BCUT2D eigenvalue weighted by atomic mass is 127. The number of halogens is 1. The molecule has 3 N–H and O–H groups in total. The third kappa shape index (κ3) is 13.6. The molecular weight excluding hydrogens is 423 g/mol. The van der Waals surface area contributed by atoms with Gasteiger partial charge in [0.2, 0.25) is 0 Å². The fraction of sp³-hybridized carbons (Fsp3) is 0.875. The minimum atomic E-state index is -0.504. The Morgan fingerprint density at radius 1 is 1.21 bits per heavy atom. The van der Waals surface area contributed by atoms with E-state index in [1.165, 1.54) is 0 Å². The molecular formula is C16H35IN4O3. The average Bonchev–Trinajstić information content (AvgIpc) is 2.42. The molecule has 0 aliphatic heterocycles. The summed E-state index contributed by atoms with van der Waals surface area (Å²) in [6, 6.07) is -0.0599. The minimum Gasteiger partial charge on any atom is -0.444 e. The molecule has 8 heteroatoms. The summed E-state index contributed by atoms with van der Waals surface area (Å²) in [6.07, 6.45) is -0.405. The van der Waals surface area contributed by atoms with Crippen molar-refractivity contribution in [3.8, 4) is 0 Å². The zero-order chi connectivity index (χ0) is 17.9. The number of aliphatic imine (C=N–C) groups is 1. The van der Waals surface area contributed by atoms with E-state index in [9.17, 15) is 4.79 Å². The molecule has 1 amide bonds. The molecule has 0 aromatic heterocycles. The van der Waals surface area contributed by atoms with Gasteiger partial charge in [0, 0.05) is 26.7 Å². The van der Waals surface area contributed by atoms with Crippen LogP contribution >= 0.6 is 24.0 Å². The number of hydrogen-bond donors (Lipinski definition) is 3. The molecule has 24 heavy (non-hydrogen) atoms. The van der Waals surface area contributed by atoms with Crippen LogP contribution in [0.25, 0.3) is 0 Å². The van der Waals surface area contributed by atoms with E-state index < -0.39 is 11.7 Å². The Balaban J connectivity index is 0. The maximum Gasteiger partial charge on any atom is 0.407 e. The Labute approximate surface area is 163 Å². The summed E-state index contributed by atoms with van der Waals surface area (Å²) < 4.78 is 10.6. The molecule has 0 aromatic carbocycles. The predicted molar refractivity (Wildman–Crippen MR) is 109 cm³/mol. The molecule has 0 aliphatic carbocycles. The van der Waals surface area contributed by atoms with Gasteiger partial charge in [-0.3, -0.25) is 4.99 Å². The fourth-order valence-electron chi connectivity index (χ4n) is 1.73. The second kappa shape index (κ2) is 13.5. The second-order valence-electron chi connectivity index (χ2n) is 6.57. The smallest absolute Gasteiger partial charge is 0.407 e. The molecule has 0 heterocycles. The first-order valence-electron chi connectivity index (χ1n) is 8.21. The number of nitrogens with zero attached hydrogens (tertiary/aromatic N) is 1. The van der Waals surface area contributed by atoms with Gasteiger partial charge in [-0.15, -0.1) is 24.0 Å². The molecule has 1 atom stereocenters. The number of amides is 1. The van der Waals surface area contributed by atoms with E-state index in [0.29, 0.717) is 32.3 Å². The SMILES string of the molecule is CCOCCNC(=NC)NCC(NC(=O)OC(C)(C)C)C(C)C.I. The number of carbonyl (C=O) groups is 1. The molecule has 0 rings (SSSR count). The maximum atomic E-state index is 11.9. The summed E-state index contributed by atoms with van der Waals surface area (Å²) in [7, 11) is 1.71. The fourth-order valence-corrected chi connectivity index (χ4v) is 1.73. The first-order chi connectivity index (χ1) is 10.7. The number of alkyl carbamates (subject to hydrolysis) is 1. The van der Waals surface area contributed by atoms with Gasteiger partial charge in [-0.2, -0.15) is 0 Å². The van der Waals surface area contributed by atoms with Crippen LogP contribution in [-0.4, -0.2) is 57.0 Å². The summed E-state index contributed by atoms with van der Waals surface area (Å²) in [5, 5.41) is 9.27. The molecule has 0 spiro atoms. The third-order valence-electron chi connectivity index (χ3n) is 2.96. The molecule has 0 radical (unpaired) electrons. The lowest BCUT2D eigenvalue weighted by Crippen LogP contribution is -2.50. The normalized spacial score (nSPS) is 13.1. The highest BCUT2D eigenvalue weighted by molar-refractivity contribution is 14.0. The van der Waals surface area contributed by atoms with E-state index in [-0.39, 0.29) is 35.9 Å². The van der Waals surface area contributed by atoms with Crippen LogP contribution < -0.4 is 16.0 Å². The van der Waals surface area contributed by atoms with Gasteiger partial charge in [-0.1, -0.05) is 13.8 Å². The van der Waals surface area contributed by atoms with Crippen molar-refractivity contribution in [3.05, 3.63) is 0 Å². The van der Waals surface area contributed by atoms with E-state index in [0.717, 1.165) is 0 Å². The highest BCUT2D eigenvalue weighted by Gasteiger charge is 2.21. The van der Waals surface area contributed by atoms with Crippen LogP contribution in [0, 0.1) is 5.92 Å². The predicted octanol–water partition coefficient (Wildman–Crippen LogP) is 2.36. The van der Waals surface area contributed by atoms with E-state index in [4.69, 9.17) is 9.47 Å². The molecule has 0 saturated heterocycles. The van der Waals surface area contributed by atoms with Crippen LogP contribution in [0.3, 0.4) is 0 Å². The summed E-state index contributed by atoms with van der Waals surface area (Å²) >= 11 is 0. The van der Waals surface area contributed by atoms with Crippen LogP contribution in [-0.2, 0) is 9.47 Å². The standard InChI is InChI=1S/C16H34N4O3.HI/c1-8-22-10-9-18-14(17-7)19-11-13(12(2)3)20-15(21)23-16(4,5)6;/h12-13H,8-11H2,1-7H3,(H,20,21)(H2,17,18,19);1H. The van der Waals surface area contributed by atoms with Crippen molar-refractivity contribution in [2.24, 2.45) is 10.9 Å². The lowest BCUT2D eigenvalue weighted by molar-refractivity contribution is 0.0491. The molecule has 0 fully saturated rings. The van der Waals surface area contributed by atoms with Crippen molar-refractivity contribution in [1.82, 2.24) is 16.0 Å². The van der Waals surface area contributed by atoms with Gasteiger partial charge >= 0.3 is 6.09 Å². The molecule has 0 aliphatic rings. The van der Waals surface area contributed by atoms with E-state index >= 15 is 0 Å². The van der Waals surface area contributed by atoms with Gasteiger partial charge in [0.1, 0.15) is 5.60 Å². The van der Waals surface area contributed by atoms with Crippen LogP contribution in [0.1, 0.15) is 41.5 Å². The Morgan fingerprint density at radius 2 is 1.83 bits per heavy atom. The first kappa shape index (κ1) is 25.5. The van der Waals surface area contributed by atoms with Crippen molar-refractivity contribution >= 4 is 36.0 Å². The van der Waals surface area contributed by atoms with Crippen molar-refractivity contribution in [2.45, 2.75) is 53.2 Å². The number of guanidine groups is 1. The van der Waals surface area contributed by atoms with Crippen molar-refractivity contribution in [2.75, 3.05) is 33.4 Å². The van der Waals surface area contributed by atoms with Crippen LogP contribution in [0.2, 0.25) is 0 Å². The molecule has 144 valence electrons. The van der Waals surface area contributed by atoms with Gasteiger partial charge in [-0.25, -0.2) is 4.79 Å². The van der Waals surface area contributed by atoms with Gasteiger partial charge in [0.05, 0.1) is 12.6 Å². The molecule has 0 saturated carbocycles. The number of nitrogens with one attached hydrogen (secondary N) is 3. The minimum absolute atomic E-state index is 0. The Hall–Kier alpha value is -0.770. The topological polar surface area (TPSA) is 84.0 Å². The van der Waals surface area contributed by atoms with Gasteiger partial charge in [0.25, 0.3) is 0 Å². The highest BCUT2D eigenvalue weighted by Crippen LogP contribution is 2.08. The van der Waals surface area contributed by atoms with Gasteiger partial charge in [-0.05, 0) is 33.6 Å². The van der Waals surface area contributed by atoms with Crippen molar-refractivity contribution < 1.29 is 14.3 Å². The molecule has 0 aromatic rings. The van der Waals surface area contributed by atoms with E-state index in [1.54, 1.807) is 7.05 Å². The van der Waals surface area contributed by atoms with E-state index in [2.05, 4.69) is 34.8 Å². The first-order valence-corrected chi connectivity index (χ1v) is 8.21. The Kier molecular flexibility index (Phi) is 14.3. The third-order valence-corrected chi connectivity index (χ3v) is 2.96. The number of carbonyl (C=O) groups excluding carboxylic acids is 1. The second-order valence-corrected chi connectivity index (χ2v) is 6.57. The summed E-state index contributed by atoms with van der Waals surface area (Å²) in [5.41, 5.74) is -0.504. The number of rotatable bonds is 8. The Morgan fingerprint density at radius 3 is 2.29 bits per heavy atom. The lowest BCUT2D eigenvalue weighted by Gasteiger charge is -2.26. The van der Waals surface area contributed by atoms with Crippen LogP contribution in [0.4, 0.5) is 4.79 Å². The van der Waals surface area contributed by atoms with Crippen LogP contribution in [0.15, 0.2) is 4.99 Å². The number of hydrogen-bond acceptors (Lipinski definition) is 4. The summed E-state index contributed by atoms with van der Waals surface area (Å²) in [4.78, 5) is 16.1. The quantitative estimate of drug-likeness (QED) is 0.225. The molecule has 1 unspecified atom stereocenters. The largest absolute Gasteiger partial charge is 0.444 e. The van der Waals surface area contributed by atoms with Crippen LogP contribution in [0.5, 0.6) is 0 Å². The summed E-state index contributed by atoms with van der Waals surface area (Å²) in [6.45, 7) is 14.2. The average molecular weight is 458 g/mol. The number of ether oxygens (including phenoxy) is 2. The van der Waals surface area contributed by atoms with Gasteiger partial charge < -0.3 is 25.4 Å². The molecule has 7 nitrogen and oxygen atoms in total. The molecule has 0 bridgehead atoms. The Bertz CT molecular complexity index is 371. The van der Waals surface area contributed by atoms with Crippen molar-refractivity contribution in [3.63, 3.8) is 0 Å². The van der Waals surface area contributed by atoms with E-state index in [1.807, 2.05) is 27.7 Å². The lowest BCUT2D eigenvalue weighted by atomic mass is 10.0. The summed E-state index contributed by atoms with van der Waals surface area (Å²) in [5.74, 6) is 0.942. The maximum absolute atomic E-state index is 11.9. The van der Waals surface area contributed by atoms with Crippen molar-refractivity contribution in [1.29, 1.82) is 0 Å².